The van der Waals surface area contributed by atoms with Crippen molar-refractivity contribution in [2.24, 2.45) is 0 Å². The van der Waals surface area contributed by atoms with Gasteiger partial charge in [0, 0.05) is 5.56 Å². The highest BCUT2D eigenvalue weighted by Gasteiger charge is 2.44. The fraction of sp³-hybridized carbons (Fsp3) is 0.500. The van der Waals surface area contributed by atoms with E-state index in [1.54, 1.807) is 17.9 Å². The fourth-order valence-corrected chi connectivity index (χ4v) is 3.50. The molecule has 2 heterocycles. The molecule has 1 spiro atoms. The molecule has 2 amide bonds. The number of aromatic carboxylic acids is 1. The summed E-state index contributed by atoms with van der Waals surface area (Å²) < 4.78 is 5.26. The molecule has 1 aromatic rings. The maximum absolute atomic E-state index is 12.5. The maximum Gasteiger partial charge on any atom is 0.339 e. The minimum Gasteiger partial charge on any atom is -0.495 e. The van der Waals surface area contributed by atoms with Gasteiger partial charge in [0.25, 0.3) is 0 Å². The van der Waals surface area contributed by atoms with Gasteiger partial charge in [-0.05, 0) is 45.0 Å². The van der Waals surface area contributed by atoms with E-state index in [-0.39, 0.29) is 17.1 Å². The lowest BCUT2D eigenvalue weighted by molar-refractivity contribution is 0.0693. The van der Waals surface area contributed by atoms with Crippen LogP contribution in [-0.2, 0) is 0 Å². The van der Waals surface area contributed by atoms with Gasteiger partial charge in [-0.25, -0.2) is 9.59 Å². The van der Waals surface area contributed by atoms with Gasteiger partial charge in [0.1, 0.15) is 11.3 Å². The standard InChI is InChI=1S/C16H21N3O4/c1-10-12(4-3-11(14(20)21)13(10)23-2)19-9-16(18-15(19)22)5-7-17-8-6-16/h3-4,17H,5-9H2,1-2H3,(H,18,22)(H,20,21). The number of ether oxygens (including phenoxy) is 1. The Morgan fingerprint density at radius 2 is 2.04 bits per heavy atom. The molecule has 0 aromatic heterocycles. The van der Waals surface area contributed by atoms with Crippen LogP contribution >= 0.6 is 0 Å². The first-order valence-corrected chi connectivity index (χ1v) is 7.69. The van der Waals surface area contributed by atoms with Crippen molar-refractivity contribution in [3.8, 4) is 5.75 Å². The first-order valence-electron chi connectivity index (χ1n) is 7.69. The minimum atomic E-state index is -1.04. The molecule has 0 radical (unpaired) electrons. The van der Waals surface area contributed by atoms with Crippen LogP contribution in [0, 0.1) is 6.92 Å². The minimum absolute atomic E-state index is 0.102. The second-order valence-electron chi connectivity index (χ2n) is 6.14. The van der Waals surface area contributed by atoms with Crippen LogP contribution in [0.3, 0.4) is 0 Å². The fourth-order valence-electron chi connectivity index (χ4n) is 3.50. The third-order valence-electron chi connectivity index (χ3n) is 4.74. The van der Waals surface area contributed by atoms with E-state index < -0.39 is 5.97 Å². The summed E-state index contributed by atoms with van der Waals surface area (Å²) in [6.45, 7) is 4.13. The molecular weight excluding hydrogens is 298 g/mol. The van der Waals surface area contributed by atoms with Gasteiger partial charge in [-0.15, -0.1) is 0 Å². The van der Waals surface area contributed by atoms with Gasteiger partial charge in [-0.3, -0.25) is 4.90 Å². The van der Waals surface area contributed by atoms with Gasteiger partial charge in [0.05, 0.1) is 24.9 Å². The lowest BCUT2D eigenvalue weighted by atomic mass is 9.89. The summed E-state index contributed by atoms with van der Waals surface area (Å²) >= 11 is 0. The van der Waals surface area contributed by atoms with Gasteiger partial charge in [0.2, 0.25) is 0 Å². The second kappa shape index (κ2) is 5.73. The number of rotatable bonds is 3. The molecule has 2 aliphatic rings. The number of piperidine rings is 1. The SMILES string of the molecule is COc1c(C(=O)O)ccc(N2CC3(CCNCC3)NC2=O)c1C. The van der Waals surface area contributed by atoms with Crippen LogP contribution in [0.4, 0.5) is 10.5 Å². The number of carboxylic acids is 1. The largest absolute Gasteiger partial charge is 0.495 e. The van der Waals surface area contributed by atoms with E-state index in [9.17, 15) is 14.7 Å². The molecule has 0 unspecified atom stereocenters. The molecule has 3 rings (SSSR count). The number of carbonyl (C=O) groups is 2. The lowest BCUT2D eigenvalue weighted by Gasteiger charge is -2.33. The van der Waals surface area contributed by atoms with Gasteiger partial charge >= 0.3 is 12.0 Å². The number of nitrogens with zero attached hydrogens (tertiary/aromatic N) is 1. The first kappa shape index (κ1) is 15.6. The van der Waals surface area contributed by atoms with E-state index in [1.807, 2.05) is 0 Å². The number of hydrogen-bond donors (Lipinski definition) is 3. The molecule has 0 atom stereocenters. The Morgan fingerprint density at radius 1 is 1.35 bits per heavy atom. The summed E-state index contributed by atoms with van der Waals surface area (Å²) in [7, 11) is 1.44. The van der Waals surface area contributed by atoms with Crippen molar-refractivity contribution < 1.29 is 19.4 Å². The normalized spacial score (nSPS) is 19.7. The Bertz CT molecular complexity index is 653. The van der Waals surface area contributed by atoms with Crippen molar-refractivity contribution in [1.29, 1.82) is 0 Å². The average molecular weight is 319 g/mol. The number of hydrogen-bond acceptors (Lipinski definition) is 4. The monoisotopic (exact) mass is 319 g/mol. The Labute approximate surface area is 134 Å². The van der Waals surface area contributed by atoms with Crippen molar-refractivity contribution in [2.45, 2.75) is 25.3 Å². The van der Waals surface area contributed by atoms with E-state index in [4.69, 9.17) is 4.74 Å². The summed E-state index contributed by atoms with van der Waals surface area (Å²) in [6, 6.07) is 3.03. The van der Waals surface area contributed by atoms with Crippen LogP contribution in [0.15, 0.2) is 12.1 Å². The number of nitrogens with one attached hydrogen (secondary N) is 2. The van der Waals surface area contributed by atoms with Crippen LogP contribution in [0.2, 0.25) is 0 Å². The lowest BCUT2D eigenvalue weighted by Crippen LogP contribution is -2.51. The van der Waals surface area contributed by atoms with Crippen molar-refractivity contribution in [3.05, 3.63) is 23.3 Å². The number of benzene rings is 1. The number of amides is 2. The number of anilines is 1. The molecule has 2 fully saturated rings. The van der Waals surface area contributed by atoms with E-state index in [1.165, 1.54) is 13.2 Å². The zero-order valence-electron chi connectivity index (χ0n) is 13.3. The first-order chi connectivity index (χ1) is 11.0. The number of carbonyl (C=O) groups excluding carboxylic acids is 1. The molecule has 3 N–H and O–H groups in total. The number of urea groups is 1. The molecule has 124 valence electrons. The summed E-state index contributed by atoms with van der Waals surface area (Å²) in [4.78, 5) is 25.4. The molecule has 2 aliphatic heterocycles. The molecular formula is C16H21N3O4. The molecule has 0 saturated carbocycles. The summed E-state index contributed by atoms with van der Waals surface area (Å²) in [6.07, 6.45) is 1.78. The highest BCUT2D eigenvalue weighted by atomic mass is 16.5. The van der Waals surface area contributed by atoms with Gasteiger partial charge in [-0.2, -0.15) is 0 Å². The van der Waals surface area contributed by atoms with Crippen molar-refractivity contribution in [1.82, 2.24) is 10.6 Å². The van der Waals surface area contributed by atoms with E-state index in [2.05, 4.69) is 10.6 Å². The van der Waals surface area contributed by atoms with Crippen molar-refractivity contribution >= 4 is 17.7 Å². The van der Waals surface area contributed by atoms with E-state index in [0.29, 0.717) is 23.5 Å². The smallest absolute Gasteiger partial charge is 0.339 e. The van der Waals surface area contributed by atoms with Crippen LogP contribution in [-0.4, -0.2) is 49.4 Å². The summed E-state index contributed by atoms with van der Waals surface area (Å²) in [5.41, 5.74) is 1.26. The van der Waals surface area contributed by atoms with Gasteiger partial charge in [0.15, 0.2) is 0 Å². The van der Waals surface area contributed by atoms with Crippen LogP contribution in [0.1, 0.15) is 28.8 Å². The predicted molar refractivity (Wildman–Crippen MR) is 85.4 cm³/mol. The topological polar surface area (TPSA) is 90.9 Å². The van der Waals surface area contributed by atoms with Crippen LogP contribution < -0.4 is 20.3 Å². The average Bonchev–Trinajstić information content (AvgIpc) is 2.83. The third-order valence-corrected chi connectivity index (χ3v) is 4.74. The highest BCUT2D eigenvalue weighted by molar-refractivity contribution is 5.98. The third kappa shape index (κ3) is 2.61. The molecule has 0 bridgehead atoms. The summed E-state index contributed by atoms with van der Waals surface area (Å²) in [5.74, 6) is -0.744. The molecule has 23 heavy (non-hydrogen) atoms. The van der Waals surface area contributed by atoms with Crippen molar-refractivity contribution in [3.63, 3.8) is 0 Å². The van der Waals surface area contributed by atoms with Crippen LogP contribution in [0.5, 0.6) is 5.75 Å². The second-order valence-corrected chi connectivity index (χ2v) is 6.14. The van der Waals surface area contributed by atoms with E-state index in [0.717, 1.165) is 25.9 Å². The van der Waals surface area contributed by atoms with Crippen molar-refractivity contribution in [2.75, 3.05) is 31.6 Å². The van der Waals surface area contributed by atoms with Crippen LogP contribution in [0.25, 0.3) is 0 Å². The predicted octanol–water partition coefficient (Wildman–Crippen LogP) is 1.35. The Hall–Kier alpha value is -2.28. The van der Waals surface area contributed by atoms with E-state index >= 15 is 0 Å². The molecule has 1 aromatic carbocycles. The maximum atomic E-state index is 12.5. The zero-order chi connectivity index (χ0) is 16.6. The Kier molecular flexibility index (Phi) is 3.89. The Morgan fingerprint density at radius 3 is 2.65 bits per heavy atom. The highest BCUT2D eigenvalue weighted by Crippen LogP contribution is 2.36. The quantitative estimate of drug-likeness (QED) is 0.782. The molecule has 0 aliphatic carbocycles. The zero-order valence-corrected chi connectivity index (χ0v) is 13.3. The molecule has 7 heteroatoms. The number of carboxylic acid groups (broad SMARTS) is 1. The van der Waals surface area contributed by atoms with Gasteiger partial charge in [-0.1, -0.05) is 0 Å². The molecule has 7 nitrogen and oxygen atoms in total. The number of methoxy groups -OCH3 is 1. The van der Waals surface area contributed by atoms with Gasteiger partial charge < -0.3 is 20.5 Å². The summed E-state index contributed by atoms with van der Waals surface area (Å²) in [5, 5.41) is 15.7. The Balaban J connectivity index is 1.96. The molecule has 2 saturated heterocycles.